The summed E-state index contributed by atoms with van der Waals surface area (Å²) in [5.74, 6) is -0.549. The zero-order valence-corrected chi connectivity index (χ0v) is 15.9. The number of halogens is 1. The van der Waals surface area contributed by atoms with E-state index >= 15 is 0 Å². The Morgan fingerprint density at radius 2 is 1.86 bits per heavy atom. The Morgan fingerprint density at radius 3 is 2.45 bits per heavy atom. The Labute approximate surface area is 138 Å². The van der Waals surface area contributed by atoms with E-state index in [9.17, 15) is 4.79 Å². The predicted octanol–water partition coefficient (Wildman–Crippen LogP) is 4.76. The van der Waals surface area contributed by atoms with E-state index in [1.807, 2.05) is 6.92 Å². The summed E-state index contributed by atoms with van der Waals surface area (Å²) in [5, 5.41) is 0.625. The molecule has 0 fully saturated rings. The third kappa shape index (κ3) is 5.39. The van der Waals surface area contributed by atoms with E-state index < -0.39 is 14.3 Å². The summed E-state index contributed by atoms with van der Waals surface area (Å²) in [6, 6.07) is 5.05. The quantitative estimate of drug-likeness (QED) is 0.323. The second-order valence-corrected chi connectivity index (χ2v) is 12.0. The van der Waals surface area contributed by atoms with Crippen LogP contribution >= 0.6 is 11.6 Å². The third-order valence-electron chi connectivity index (χ3n) is 3.99. The van der Waals surface area contributed by atoms with Crippen molar-refractivity contribution in [2.24, 2.45) is 0 Å². The van der Waals surface area contributed by atoms with Crippen LogP contribution in [0.15, 0.2) is 18.2 Å². The first-order chi connectivity index (χ1) is 10.0. The maximum Gasteiger partial charge on any atom is 0.373 e. The van der Waals surface area contributed by atoms with Crippen LogP contribution in [0.25, 0.3) is 0 Å². The molecule has 1 aromatic carbocycles. The van der Waals surface area contributed by atoms with Gasteiger partial charge in [0.05, 0.1) is 12.2 Å². The fourth-order valence-corrected chi connectivity index (χ4v) is 2.70. The second-order valence-electron chi connectivity index (χ2n) is 6.76. The molecule has 22 heavy (non-hydrogen) atoms. The molecule has 1 aromatic rings. The molecule has 0 N–H and O–H groups in total. The Balaban J connectivity index is 2.39. The molecule has 0 aliphatic heterocycles. The molecular formula is C16H25ClO4Si. The van der Waals surface area contributed by atoms with Crippen LogP contribution in [0.1, 0.15) is 36.7 Å². The van der Waals surface area contributed by atoms with Gasteiger partial charge < -0.3 is 4.43 Å². The molecule has 0 heterocycles. The first-order valence-corrected chi connectivity index (χ1v) is 10.6. The average Bonchev–Trinajstić information content (AvgIpc) is 2.39. The standard InChI is InChI=1S/C16H25ClO4Si/c1-12-7-8-13(17)11-14(12)15(18)21-19-9-10-20-22(5,6)16(2,3)4/h7-8,11H,9-10H2,1-6H3. The van der Waals surface area contributed by atoms with Crippen LogP contribution in [0.4, 0.5) is 0 Å². The summed E-state index contributed by atoms with van der Waals surface area (Å²) < 4.78 is 5.93. The number of aryl methyl sites for hydroxylation is 1. The summed E-state index contributed by atoms with van der Waals surface area (Å²) in [7, 11) is -1.80. The van der Waals surface area contributed by atoms with Crippen molar-refractivity contribution in [3.8, 4) is 0 Å². The van der Waals surface area contributed by atoms with E-state index in [-0.39, 0.29) is 11.6 Å². The zero-order valence-electron chi connectivity index (χ0n) is 14.2. The molecule has 0 saturated carbocycles. The number of hydrogen-bond acceptors (Lipinski definition) is 4. The lowest BCUT2D eigenvalue weighted by molar-refractivity contribution is -0.244. The van der Waals surface area contributed by atoms with Crippen molar-refractivity contribution >= 4 is 25.9 Å². The van der Waals surface area contributed by atoms with E-state index in [1.165, 1.54) is 0 Å². The molecule has 0 atom stereocenters. The molecule has 0 unspecified atom stereocenters. The van der Waals surface area contributed by atoms with E-state index in [0.29, 0.717) is 17.2 Å². The molecule has 0 radical (unpaired) electrons. The van der Waals surface area contributed by atoms with Gasteiger partial charge in [-0.25, -0.2) is 4.79 Å². The van der Waals surface area contributed by atoms with Crippen molar-refractivity contribution in [3.05, 3.63) is 34.3 Å². The first kappa shape index (κ1) is 19.2. The Hall–Kier alpha value is -0.883. The third-order valence-corrected chi connectivity index (χ3v) is 8.76. The Bertz CT molecular complexity index is 523. The lowest BCUT2D eigenvalue weighted by Crippen LogP contribution is -2.41. The first-order valence-electron chi connectivity index (χ1n) is 7.28. The molecule has 0 aliphatic carbocycles. The maximum atomic E-state index is 11.9. The smallest absolute Gasteiger partial charge is 0.373 e. The monoisotopic (exact) mass is 344 g/mol. The number of carbonyl (C=O) groups excluding carboxylic acids is 1. The van der Waals surface area contributed by atoms with Gasteiger partial charge in [0.15, 0.2) is 8.32 Å². The van der Waals surface area contributed by atoms with Crippen LogP contribution in [0, 0.1) is 6.92 Å². The van der Waals surface area contributed by atoms with Crippen molar-refractivity contribution in [2.75, 3.05) is 13.2 Å². The van der Waals surface area contributed by atoms with Crippen molar-refractivity contribution in [1.29, 1.82) is 0 Å². The largest absolute Gasteiger partial charge is 0.414 e. The minimum absolute atomic E-state index is 0.140. The van der Waals surface area contributed by atoms with Gasteiger partial charge in [-0.15, -0.1) is 0 Å². The normalized spacial score (nSPS) is 12.3. The molecular weight excluding hydrogens is 320 g/mol. The van der Waals surface area contributed by atoms with E-state index in [0.717, 1.165) is 5.56 Å². The van der Waals surface area contributed by atoms with Crippen LogP contribution in [0.2, 0.25) is 23.2 Å². The summed E-state index contributed by atoms with van der Waals surface area (Å²) in [5.41, 5.74) is 1.19. The van der Waals surface area contributed by atoms with Gasteiger partial charge in [-0.2, -0.15) is 4.89 Å². The van der Waals surface area contributed by atoms with Gasteiger partial charge in [-0.3, -0.25) is 4.89 Å². The minimum atomic E-state index is -1.80. The van der Waals surface area contributed by atoms with Gasteiger partial charge in [-0.1, -0.05) is 38.4 Å². The summed E-state index contributed by atoms with van der Waals surface area (Å²) >= 11 is 5.87. The van der Waals surface area contributed by atoms with Crippen molar-refractivity contribution < 1.29 is 19.0 Å². The van der Waals surface area contributed by atoms with Crippen molar-refractivity contribution in [3.63, 3.8) is 0 Å². The molecule has 0 aliphatic rings. The van der Waals surface area contributed by atoms with Gasteiger partial charge in [0, 0.05) is 5.02 Å². The highest BCUT2D eigenvalue weighted by Crippen LogP contribution is 2.36. The van der Waals surface area contributed by atoms with Gasteiger partial charge in [0.1, 0.15) is 6.61 Å². The van der Waals surface area contributed by atoms with E-state index in [4.69, 9.17) is 25.8 Å². The minimum Gasteiger partial charge on any atom is -0.414 e. The molecule has 0 amide bonds. The number of carbonyl (C=O) groups is 1. The highest BCUT2D eigenvalue weighted by molar-refractivity contribution is 6.74. The van der Waals surface area contributed by atoms with Gasteiger partial charge >= 0.3 is 5.97 Å². The molecule has 124 valence electrons. The van der Waals surface area contributed by atoms with Crippen LogP contribution in [0.5, 0.6) is 0 Å². The number of hydrogen-bond donors (Lipinski definition) is 0. The van der Waals surface area contributed by atoms with Crippen LogP contribution < -0.4 is 0 Å². The topological polar surface area (TPSA) is 44.8 Å². The lowest BCUT2D eigenvalue weighted by Gasteiger charge is -2.35. The van der Waals surface area contributed by atoms with E-state index in [2.05, 4.69) is 33.9 Å². The maximum absolute atomic E-state index is 11.9. The zero-order chi connectivity index (χ0) is 17.0. The Morgan fingerprint density at radius 1 is 1.23 bits per heavy atom. The van der Waals surface area contributed by atoms with E-state index in [1.54, 1.807) is 18.2 Å². The highest BCUT2D eigenvalue weighted by atomic mass is 35.5. The SMILES string of the molecule is Cc1ccc(Cl)cc1C(=O)OOCCO[Si](C)(C)C(C)(C)C. The van der Waals surface area contributed by atoms with Gasteiger partial charge in [0.2, 0.25) is 0 Å². The lowest BCUT2D eigenvalue weighted by atomic mass is 10.1. The van der Waals surface area contributed by atoms with Crippen molar-refractivity contribution in [1.82, 2.24) is 0 Å². The molecule has 0 aromatic heterocycles. The highest BCUT2D eigenvalue weighted by Gasteiger charge is 2.36. The Kier molecular flexibility index (Phi) is 6.61. The van der Waals surface area contributed by atoms with Crippen molar-refractivity contribution in [2.45, 2.75) is 45.8 Å². The fraction of sp³-hybridized carbons (Fsp3) is 0.562. The number of benzene rings is 1. The van der Waals surface area contributed by atoms with Crippen LogP contribution in [0.3, 0.4) is 0 Å². The molecule has 0 saturated heterocycles. The molecule has 0 spiro atoms. The van der Waals surface area contributed by atoms with Gasteiger partial charge in [-0.05, 0) is 42.8 Å². The summed E-state index contributed by atoms with van der Waals surface area (Å²) in [4.78, 5) is 21.7. The fourth-order valence-electron chi connectivity index (χ4n) is 1.50. The van der Waals surface area contributed by atoms with Crippen LogP contribution in [-0.4, -0.2) is 27.5 Å². The summed E-state index contributed by atoms with van der Waals surface area (Å²) in [6.07, 6.45) is 0. The van der Waals surface area contributed by atoms with Crippen LogP contribution in [-0.2, 0) is 14.2 Å². The molecule has 4 nitrogen and oxygen atoms in total. The molecule has 6 heteroatoms. The predicted molar refractivity (Wildman–Crippen MR) is 90.7 cm³/mol. The second kappa shape index (κ2) is 7.59. The summed E-state index contributed by atoms with van der Waals surface area (Å²) in [6.45, 7) is 13.2. The average molecular weight is 345 g/mol. The molecule has 1 rings (SSSR count). The number of rotatable bonds is 6. The molecule has 0 bridgehead atoms. The van der Waals surface area contributed by atoms with Gasteiger partial charge in [0.25, 0.3) is 0 Å².